The number of rotatable bonds is 7. The van der Waals surface area contributed by atoms with Gasteiger partial charge in [0.15, 0.2) is 0 Å². The molecule has 0 aliphatic heterocycles. The van der Waals surface area contributed by atoms with Crippen molar-refractivity contribution < 1.29 is 26.3 Å². The molecule has 1 aliphatic rings. The third-order valence-electron chi connectivity index (χ3n) is 7.54. The van der Waals surface area contributed by atoms with E-state index in [9.17, 15) is 26.3 Å². The highest BCUT2D eigenvalue weighted by molar-refractivity contribution is 5.93. The largest absolute Gasteiger partial charge is 0.433 e. The van der Waals surface area contributed by atoms with Gasteiger partial charge in [-0.25, -0.2) is 15.0 Å². The number of nitrogens with zero attached hydrogens (tertiary/aromatic N) is 5. The van der Waals surface area contributed by atoms with Crippen molar-refractivity contribution in [1.29, 1.82) is 0 Å². The van der Waals surface area contributed by atoms with E-state index in [1.54, 1.807) is 6.07 Å². The lowest BCUT2D eigenvalue weighted by atomic mass is 10.0. The summed E-state index contributed by atoms with van der Waals surface area (Å²) in [5.74, 6) is 0.766. The number of nitrogens with one attached hydrogen (secondary N) is 1. The van der Waals surface area contributed by atoms with Gasteiger partial charge in [0, 0.05) is 23.2 Å². The zero-order valence-corrected chi connectivity index (χ0v) is 22.9. The number of halogens is 6. The number of hydrogen-bond acceptors (Lipinski definition) is 6. The van der Waals surface area contributed by atoms with Crippen LogP contribution in [0.3, 0.4) is 0 Å². The molecule has 0 amide bonds. The van der Waals surface area contributed by atoms with Crippen LogP contribution in [0.25, 0.3) is 22.2 Å². The van der Waals surface area contributed by atoms with E-state index in [0.717, 1.165) is 50.6 Å². The molecule has 4 aromatic rings. The molecule has 0 saturated heterocycles. The Labute approximate surface area is 239 Å². The number of aromatic nitrogens is 4. The predicted molar refractivity (Wildman–Crippen MR) is 148 cm³/mol. The Morgan fingerprint density at radius 1 is 0.881 bits per heavy atom. The Balaban J connectivity index is 1.57. The second-order valence-electron chi connectivity index (χ2n) is 10.4. The molecule has 12 heteroatoms. The highest BCUT2D eigenvalue weighted by atomic mass is 19.4. The van der Waals surface area contributed by atoms with Crippen molar-refractivity contribution in [3.8, 4) is 11.3 Å². The van der Waals surface area contributed by atoms with Crippen LogP contribution >= 0.6 is 0 Å². The van der Waals surface area contributed by atoms with Crippen molar-refractivity contribution in [3.63, 3.8) is 0 Å². The Morgan fingerprint density at radius 2 is 1.64 bits per heavy atom. The van der Waals surface area contributed by atoms with Crippen molar-refractivity contribution in [1.82, 2.24) is 24.8 Å². The van der Waals surface area contributed by atoms with E-state index < -0.39 is 23.6 Å². The molecule has 1 N–H and O–H groups in total. The van der Waals surface area contributed by atoms with Gasteiger partial charge in [-0.05, 0) is 55.8 Å². The van der Waals surface area contributed by atoms with E-state index >= 15 is 0 Å². The van der Waals surface area contributed by atoms with Crippen molar-refractivity contribution in [2.24, 2.45) is 0 Å². The fourth-order valence-corrected chi connectivity index (χ4v) is 5.43. The summed E-state index contributed by atoms with van der Waals surface area (Å²) >= 11 is 0. The maximum atomic E-state index is 13.8. The average Bonchev–Trinajstić information content (AvgIpc) is 3.25. The molecule has 3 heterocycles. The summed E-state index contributed by atoms with van der Waals surface area (Å²) < 4.78 is 80.4. The molecule has 222 valence electrons. The van der Waals surface area contributed by atoms with Crippen molar-refractivity contribution >= 4 is 22.4 Å². The summed E-state index contributed by atoms with van der Waals surface area (Å²) in [5, 5.41) is 3.54. The van der Waals surface area contributed by atoms with Crippen LogP contribution in [0.5, 0.6) is 0 Å². The van der Waals surface area contributed by atoms with Crippen LogP contribution in [0.2, 0.25) is 0 Å². The molecule has 1 fully saturated rings. The van der Waals surface area contributed by atoms with Gasteiger partial charge < -0.3 is 5.32 Å². The van der Waals surface area contributed by atoms with Crippen LogP contribution in [0.4, 0.5) is 37.8 Å². The molecule has 5 rings (SSSR count). The summed E-state index contributed by atoms with van der Waals surface area (Å²) in [4.78, 5) is 19.3. The molecule has 0 radical (unpaired) electrons. The second kappa shape index (κ2) is 12.2. The monoisotopic (exact) mass is 588 g/mol. The topological polar surface area (TPSA) is 66.8 Å². The molecule has 0 spiro atoms. The molecule has 6 nitrogen and oxygen atoms in total. The molecule has 1 saturated carbocycles. The van der Waals surface area contributed by atoms with Gasteiger partial charge in [-0.1, -0.05) is 38.7 Å². The van der Waals surface area contributed by atoms with Gasteiger partial charge >= 0.3 is 12.4 Å². The average molecular weight is 589 g/mol. The smallest absolute Gasteiger partial charge is 0.338 e. The highest BCUT2D eigenvalue weighted by Crippen LogP contribution is 2.37. The van der Waals surface area contributed by atoms with Crippen molar-refractivity contribution in [2.45, 2.75) is 70.4 Å². The summed E-state index contributed by atoms with van der Waals surface area (Å²) in [6.45, 7) is 3.25. The first-order valence-electron chi connectivity index (χ1n) is 13.9. The first-order valence-corrected chi connectivity index (χ1v) is 13.9. The van der Waals surface area contributed by atoms with E-state index in [1.165, 1.54) is 43.3 Å². The third kappa shape index (κ3) is 6.80. The molecular weight excluding hydrogens is 558 g/mol. The predicted octanol–water partition coefficient (Wildman–Crippen LogP) is 8.41. The molecule has 0 unspecified atom stereocenters. The minimum atomic E-state index is -4.60. The highest BCUT2D eigenvalue weighted by Gasteiger charge is 2.34. The number of alkyl halides is 6. The fraction of sp³-hybridized carbons (Fsp3) is 0.400. The maximum absolute atomic E-state index is 13.8. The minimum Gasteiger partial charge on any atom is -0.338 e. The SMILES string of the molecule is CCN(Cc1nc(Nc2ccc(C(F)(F)F)nc2)c2ccc(-c3ncccc3C(F)(F)F)cc2n1)C1CCCCCC1. The van der Waals surface area contributed by atoms with Crippen molar-refractivity contribution in [2.75, 3.05) is 11.9 Å². The first kappa shape index (κ1) is 29.7. The van der Waals surface area contributed by atoms with E-state index in [1.807, 2.05) is 0 Å². The van der Waals surface area contributed by atoms with E-state index in [-0.39, 0.29) is 16.9 Å². The van der Waals surface area contributed by atoms with Gasteiger partial charge in [0.2, 0.25) is 0 Å². The molecular formula is C30H30F6N6. The van der Waals surface area contributed by atoms with Gasteiger partial charge in [-0.2, -0.15) is 26.3 Å². The van der Waals surface area contributed by atoms with Gasteiger partial charge in [0.05, 0.1) is 35.2 Å². The van der Waals surface area contributed by atoms with Crippen LogP contribution < -0.4 is 5.32 Å². The number of hydrogen-bond donors (Lipinski definition) is 1. The zero-order valence-electron chi connectivity index (χ0n) is 22.9. The number of benzene rings is 1. The normalized spacial score (nSPS) is 15.2. The quantitative estimate of drug-likeness (QED) is 0.173. The number of fused-ring (bicyclic) bond motifs is 1. The molecule has 1 aromatic carbocycles. The number of anilines is 2. The Morgan fingerprint density at radius 3 is 2.29 bits per heavy atom. The van der Waals surface area contributed by atoms with Gasteiger partial charge in [0.25, 0.3) is 0 Å². The summed E-state index contributed by atoms with van der Waals surface area (Å²) in [5.41, 5.74) is -1.21. The van der Waals surface area contributed by atoms with E-state index in [0.29, 0.717) is 35.1 Å². The lowest BCUT2D eigenvalue weighted by Gasteiger charge is -2.29. The lowest BCUT2D eigenvalue weighted by molar-refractivity contribution is -0.141. The van der Waals surface area contributed by atoms with Crippen LogP contribution in [-0.4, -0.2) is 37.4 Å². The lowest BCUT2D eigenvalue weighted by Crippen LogP contribution is -2.35. The second-order valence-corrected chi connectivity index (χ2v) is 10.4. The summed E-state index contributed by atoms with van der Waals surface area (Å²) in [6, 6.07) is 9.34. The molecule has 1 aliphatic carbocycles. The van der Waals surface area contributed by atoms with Gasteiger partial charge in [-0.15, -0.1) is 0 Å². The van der Waals surface area contributed by atoms with Crippen molar-refractivity contribution in [3.05, 3.63) is 71.9 Å². The van der Waals surface area contributed by atoms with Crippen LogP contribution in [-0.2, 0) is 18.9 Å². The standard InChI is InChI=1S/C30H30F6N6/c1-2-42(21-8-5-3-4-6-9-21)18-26-40-24-16-19(27-23(29(31,32)33)10-7-15-37-27)11-13-22(24)28(41-26)39-20-12-14-25(38-17-20)30(34,35)36/h7,10-17,21H,2-6,8-9,18H2,1H3,(H,39,40,41). The van der Waals surface area contributed by atoms with E-state index in [2.05, 4.69) is 27.1 Å². The van der Waals surface area contributed by atoms with Crippen LogP contribution in [0.15, 0.2) is 54.9 Å². The number of pyridine rings is 2. The maximum Gasteiger partial charge on any atom is 0.433 e. The summed E-state index contributed by atoms with van der Waals surface area (Å²) in [6.07, 6.45) is 0.00330. The van der Waals surface area contributed by atoms with Gasteiger partial charge in [-0.3, -0.25) is 9.88 Å². The molecule has 42 heavy (non-hydrogen) atoms. The van der Waals surface area contributed by atoms with Gasteiger partial charge in [0.1, 0.15) is 17.3 Å². The molecule has 0 bridgehead atoms. The fourth-order valence-electron chi connectivity index (χ4n) is 5.43. The Kier molecular flexibility index (Phi) is 8.63. The van der Waals surface area contributed by atoms with Crippen LogP contribution in [0, 0.1) is 0 Å². The van der Waals surface area contributed by atoms with Crippen LogP contribution in [0.1, 0.15) is 62.5 Å². The Bertz CT molecular complexity index is 1510. The molecule has 3 aromatic heterocycles. The summed E-state index contributed by atoms with van der Waals surface area (Å²) in [7, 11) is 0. The van der Waals surface area contributed by atoms with E-state index in [4.69, 9.17) is 9.97 Å². The first-order chi connectivity index (χ1) is 20.0. The Hall–Kier alpha value is -3.80. The minimum absolute atomic E-state index is 0.220. The third-order valence-corrected chi connectivity index (χ3v) is 7.54. The zero-order chi connectivity index (χ0) is 29.9. The molecule has 0 atom stereocenters.